The van der Waals surface area contributed by atoms with Crippen LogP contribution < -0.4 is 0 Å². The van der Waals surface area contributed by atoms with E-state index in [-0.39, 0.29) is 5.82 Å². The van der Waals surface area contributed by atoms with Crippen molar-refractivity contribution < 1.29 is 4.39 Å². The van der Waals surface area contributed by atoms with Crippen LogP contribution in [0.2, 0.25) is 0 Å². The van der Waals surface area contributed by atoms with Crippen LogP contribution in [0, 0.1) is 5.82 Å². The summed E-state index contributed by atoms with van der Waals surface area (Å²) in [6.07, 6.45) is 2.61. The van der Waals surface area contributed by atoms with E-state index in [2.05, 4.69) is 6.58 Å². The van der Waals surface area contributed by atoms with Gasteiger partial charge in [0, 0.05) is 5.39 Å². The van der Waals surface area contributed by atoms with Crippen LogP contribution in [0.1, 0.15) is 5.56 Å². The zero-order chi connectivity index (χ0) is 9.97. The Balaban J connectivity index is 2.74. The van der Waals surface area contributed by atoms with Crippen LogP contribution in [0.3, 0.4) is 0 Å². The number of fused-ring (bicyclic) bond motifs is 1. The number of allylic oxidation sites excluding steroid dienone is 1. The first-order valence-corrected chi connectivity index (χ1v) is 4.60. The summed E-state index contributed by atoms with van der Waals surface area (Å²) in [5.41, 5.74) is 1.12. The molecule has 0 radical (unpaired) electrons. The largest absolute Gasteiger partial charge is 0.206 e. The minimum absolute atomic E-state index is 0.159. The average Bonchev–Trinajstić information content (AvgIpc) is 2.23. The Labute approximate surface area is 82.7 Å². The van der Waals surface area contributed by atoms with Gasteiger partial charge in [0.05, 0.1) is 0 Å². The van der Waals surface area contributed by atoms with E-state index in [1.807, 2.05) is 30.3 Å². The van der Waals surface area contributed by atoms with Crippen molar-refractivity contribution in [3.63, 3.8) is 0 Å². The molecular formula is C13H11F. The molecule has 2 aromatic rings. The van der Waals surface area contributed by atoms with Crippen molar-refractivity contribution in [3.8, 4) is 0 Å². The van der Waals surface area contributed by atoms with Gasteiger partial charge in [0.15, 0.2) is 0 Å². The lowest BCUT2D eigenvalue weighted by atomic mass is 10.0. The molecule has 0 saturated carbocycles. The third kappa shape index (κ3) is 1.41. The average molecular weight is 186 g/mol. The molecule has 2 aromatic carbocycles. The minimum atomic E-state index is -0.159. The van der Waals surface area contributed by atoms with Gasteiger partial charge in [-0.3, -0.25) is 0 Å². The third-order valence-electron chi connectivity index (χ3n) is 2.33. The topological polar surface area (TPSA) is 0 Å². The van der Waals surface area contributed by atoms with Gasteiger partial charge in [-0.15, -0.1) is 6.58 Å². The fourth-order valence-corrected chi connectivity index (χ4v) is 1.66. The highest BCUT2D eigenvalue weighted by Crippen LogP contribution is 2.22. The number of hydrogen-bond donors (Lipinski definition) is 0. The molecule has 0 amide bonds. The summed E-state index contributed by atoms with van der Waals surface area (Å²) in [7, 11) is 0. The molecular weight excluding hydrogens is 175 g/mol. The lowest BCUT2D eigenvalue weighted by Gasteiger charge is -2.04. The smallest absolute Gasteiger partial charge is 0.131 e. The molecule has 70 valence electrons. The molecule has 0 saturated heterocycles. The van der Waals surface area contributed by atoms with Crippen molar-refractivity contribution in [2.75, 3.05) is 0 Å². The van der Waals surface area contributed by atoms with Crippen molar-refractivity contribution in [3.05, 3.63) is 60.4 Å². The Morgan fingerprint density at radius 3 is 2.50 bits per heavy atom. The van der Waals surface area contributed by atoms with Gasteiger partial charge in [-0.2, -0.15) is 0 Å². The second kappa shape index (κ2) is 3.62. The molecule has 2 rings (SSSR count). The maximum Gasteiger partial charge on any atom is 0.131 e. The standard InChI is InChI=1S/C13H11F/c1-2-5-10-8-9-13(14)12-7-4-3-6-11(10)12/h2-4,6-9H,1,5H2. The first kappa shape index (κ1) is 8.95. The second-order valence-corrected chi connectivity index (χ2v) is 3.24. The van der Waals surface area contributed by atoms with Gasteiger partial charge in [0.1, 0.15) is 5.82 Å². The summed E-state index contributed by atoms with van der Waals surface area (Å²) >= 11 is 0. The van der Waals surface area contributed by atoms with Gasteiger partial charge in [0.25, 0.3) is 0 Å². The quantitative estimate of drug-likeness (QED) is 0.627. The molecule has 0 aliphatic rings. The Kier molecular flexibility index (Phi) is 2.32. The number of rotatable bonds is 2. The first-order chi connectivity index (χ1) is 6.83. The molecule has 0 atom stereocenters. The monoisotopic (exact) mass is 186 g/mol. The zero-order valence-corrected chi connectivity index (χ0v) is 7.83. The number of hydrogen-bond acceptors (Lipinski definition) is 0. The molecule has 1 heteroatoms. The van der Waals surface area contributed by atoms with E-state index >= 15 is 0 Å². The molecule has 0 heterocycles. The van der Waals surface area contributed by atoms with E-state index in [0.717, 1.165) is 17.4 Å². The maximum atomic E-state index is 13.4. The van der Waals surface area contributed by atoms with Crippen LogP contribution in [-0.2, 0) is 6.42 Å². The van der Waals surface area contributed by atoms with E-state index in [0.29, 0.717) is 5.39 Å². The van der Waals surface area contributed by atoms with E-state index < -0.39 is 0 Å². The second-order valence-electron chi connectivity index (χ2n) is 3.24. The number of benzene rings is 2. The normalized spacial score (nSPS) is 10.4. The van der Waals surface area contributed by atoms with Crippen molar-refractivity contribution >= 4 is 10.8 Å². The van der Waals surface area contributed by atoms with Crippen molar-refractivity contribution in [1.29, 1.82) is 0 Å². The van der Waals surface area contributed by atoms with Crippen LogP contribution in [0.25, 0.3) is 10.8 Å². The molecule has 0 aliphatic carbocycles. The zero-order valence-electron chi connectivity index (χ0n) is 7.83. The SMILES string of the molecule is C=CCc1ccc(F)c2ccccc12. The van der Waals surface area contributed by atoms with E-state index in [4.69, 9.17) is 0 Å². The van der Waals surface area contributed by atoms with E-state index in [9.17, 15) is 4.39 Å². The molecule has 14 heavy (non-hydrogen) atoms. The van der Waals surface area contributed by atoms with Gasteiger partial charge in [-0.05, 0) is 23.4 Å². The summed E-state index contributed by atoms with van der Waals surface area (Å²) in [5, 5.41) is 1.67. The predicted octanol–water partition coefficient (Wildman–Crippen LogP) is 3.71. The number of halogens is 1. The van der Waals surface area contributed by atoms with Gasteiger partial charge in [-0.1, -0.05) is 36.4 Å². The van der Waals surface area contributed by atoms with Crippen LogP contribution in [0.4, 0.5) is 4.39 Å². The van der Waals surface area contributed by atoms with Crippen LogP contribution >= 0.6 is 0 Å². The summed E-state index contributed by atoms with van der Waals surface area (Å²) in [6, 6.07) is 10.9. The summed E-state index contributed by atoms with van der Waals surface area (Å²) < 4.78 is 13.4. The van der Waals surface area contributed by atoms with Crippen molar-refractivity contribution in [2.24, 2.45) is 0 Å². The molecule has 0 bridgehead atoms. The van der Waals surface area contributed by atoms with Crippen LogP contribution in [0.15, 0.2) is 49.1 Å². The molecule has 0 fully saturated rings. The van der Waals surface area contributed by atoms with Gasteiger partial charge >= 0.3 is 0 Å². The van der Waals surface area contributed by atoms with E-state index in [1.54, 1.807) is 6.07 Å². The molecule has 0 unspecified atom stereocenters. The highest BCUT2D eigenvalue weighted by atomic mass is 19.1. The van der Waals surface area contributed by atoms with Gasteiger partial charge < -0.3 is 0 Å². The molecule has 0 aliphatic heterocycles. The first-order valence-electron chi connectivity index (χ1n) is 4.60. The predicted molar refractivity (Wildman–Crippen MR) is 57.8 cm³/mol. The highest BCUT2D eigenvalue weighted by Gasteiger charge is 2.03. The van der Waals surface area contributed by atoms with Crippen molar-refractivity contribution in [1.82, 2.24) is 0 Å². The van der Waals surface area contributed by atoms with Crippen LogP contribution in [0.5, 0.6) is 0 Å². The summed E-state index contributed by atoms with van der Waals surface area (Å²) in [4.78, 5) is 0. The Morgan fingerprint density at radius 1 is 1.07 bits per heavy atom. The van der Waals surface area contributed by atoms with Crippen molar-refractivity contribution in [2.45, 2.75) is 6.42 Å². The Bertz CT molecular complexity index is 472. The maximum absolute atomic E-state index is 13.4. The lowest BCUT2D eigenvalue weighted by Crippen LogP contribution is -1.86. The van der Waals surface area contributed by atoms with Gasteiger partial charge in [0.2, 0.25) is 0 Å². The summed E-state index contributed by atoms with van der Waals surface area (Å²) in [6.45, 7) is 3.69. The molecule has 0 N–H and O–H groups in total. The fraction of sp³-hybridized carbons (Fsp3) is 0.0769. The lowest BCUT2D eigenvalue weighted by molar-refractivity contribution is 0.639. The van der Waals surface area contributed by atoms with E-state index in [1.165, 1.54) is 6.07 Å². The summed E-state index contributed by atoms with van der Waals surface area (Å²) in [5.74, 6) is -0.159. The molecule has 0 nitrogen and oxygen atoms in total. The van der Waals surface area contributed by atoms with Gasteiger partial charge in [-0.25, -0.2) is 4.39 Å². The third-order valence-corrected chi connectivity index (χ3v) is 2.33. The fourth-order valence-electron chi connectivity index (χ4n) is 1.66. The minimum Gasteiger partial charge on any atom is -0.206 e. The molecule has 0 spiro atoms. The highest BCUT2D eigenvalue weighted by molar-refractivity contribution is 5.86. The van der Waals surface area contributed by atoms with Crippen LogP contribution in [-0.4, -0.2) is 0 Å². The molecule has 0 aromatic heterocycles. The Hall–Kier alpha value is -1.63. The Morgan fingerprint density at radius 2 is 1.79 bits per heavy atom.